The molecule has 4 heteroatoms. The van der Waals surface area contributed by atoms with Crippen LogP contribution in [0.15, 0.2) is 24.3 Å². The lowest BCUT2D eigenvalue weighted by molar-refractivity contribution is 0.111. The lowest BCUT2D eigenvalue weighted by atomic mass is 10.0. The summed E-state index contributed by atoms with van der Waals surface area (Å²) in [6.07, 6.45) is 1.54. The highest BCUT2D eigenvalue weighted by Gasteiger charge is 2.07. The van der Waals surface area contributed by atoms with Crippen molar-refractivity contribution in [2.75, 3.05) is 7.11 Å². The second-order valence-corrected chi connectivity index (χ2v) is 4.25. The Morgan fingerprint density at radius 3 is 2.68 bits per heavy atom. The minimum absolute atomic E-state index is 0.212. The van der Waals surface area contributed by atoms with Gasteiger partial charge in [-0.1, -0.05) is 6.92 Å². The smallest absolute Gasteiger partial charge is 0.193 e. The molecule has 98 valence electrons. The summed E-state index contributed by atoms with van der Waals surface area (Å²) in [5, 5.41) is 0. The third-order valence-electron chi connectivity index (χ3n) is 2.93. The minimum atomic E-state index is 0.212. The molecule has 0 aliphatic rings. The monoisotopic (exact) mass is 256 g/mol. The molecule has 0 spiro atoms. The zero-order valence-electron chi connectivity index (χ0n) is 11.3. The van der Waals surface area contributed by atoms with Crippen LogP contribution in [0.3, 0.4) is 0 Å². The van der Waals surface area contributed by atoms with Crippen molar-refractivity contribution in [2.24, 2.45) is 0 Å². The largest absolute Gasteiger partial charge is 0.496 e. The van der Waals surface area contributed by atoms with Crippen molar-refractivity contribution in [1.29, 1.82) is 0 Å². The van der Waals surface area contributed by atoms with E-state index in [-0.39, 0.29) is 5.82 Å². The van der Waals surface area contributed by atoms with Gasteiger partial charge < -0.3 is 4.74 Å². The molecule has 0 bridgehead atoms. The van der Waals surface area contributed by atoms with E-state index in [1.165, 1.54) is 0 Å². The average molecular weight is 256 g/mol. The third kappa shape index (κ3) is 2.78. The molecule has 0 N–H and O–H groups in total. The molecule has 19 heavy (non-hydrogen) atoms. The van der Waals surface area contributed by atoms with Crippen LogP contribution in [0.2, 0.25) is 0 Å². The normalized spacial score (nSPS) is 10.3. The first-order chi connectivity index (χ1) is 9.17. The Morgan fingerprint density at radius 1 is 1.26 bits per heavy atom. The molecule has 0 aliphatic carbocycles. The van der Waals surface area contributed by atoms with Crippen LogP contribution in [0.4, 0.5) is 0 Å². The molecule has 0 radical (unpaired) electrons. The molecule has 0 fully saturated rings. The number of methoxy groups -OCH3 is 1. The van der Waals surface area contributed by atoms with Crippen LogP contribution in [0.5, 0.6) is 5.75 Å². The number of hydrogen-bond donors (Lipinski definition) is 0. The summed E-state index contributed by atoms with van der Waals surface area (Å²) in [6, 6.07) is 7.77. The van der Waals surface area contributed by atoms with Crippen LogP contribution in [0.25, 0.3) is 11.3 Å². The van der Waals surface area contributed by atoms with Crippen LogP contribution in [-0.2, 0) is 6.42 Å². The topological polar surface area (TPSA) is 52.1 Å². The van der Waals surface area contributed by atoms with E-state index >= 15 is 0 Å². The van der Waals surface area contributed by atoms with Crippen LogP contribution >= 0.6 is 0 Å². The molecule has 0 amide bonds. The molecular weight excluding hydrogens is 240 g/mol. The summed E-state index contributed by atoms with van der Waals surface area (Å²) in [7, 11) is 1.66. The predicted octanol–water partition coefficient (Wildman–Crippen LogP) is 2.84. The van der Waals surface area contributed by atoms with Crippen molar-refractivity contribution in [3.8, 4) is 17.0 Å². The molecule has 1 aromatic heterocycles. The summed E-state index contributed by atoms with van der Waals surface area (Å²) in [5.74, 6) is 1.08. The molecule has 0 unspecified atom stereocenters. The summed E-state index contributed by atoms with van der Waals surface area (Å²) in [5.41, 5.74) is 3.61. The quantitative estimate of drug-likeness (QED) is 0.789. The Morgan fingerprint density at radius 2 is 2.05 bits per heavy atom. The third-order valence-corrected chi connectivity index (χ3v) is 2.93. The molecular formula is C15H16N2O2. The van der Waals surface area contributed by atoms with E-state index in [1.807, 2.05) is 31.2 Å². The fourth-order valence-electron chi connectivity index (χ4n) is 2.01. The van der Waals surface area contributed by atoms with Crippen LogP contribution < -0.4 is 4.74 Å². The van der Waals surface area contributed by atoms with Crippen molar-refractivity contribution in [1.82, 2.24) is 9.97 Å². The molecule has 2 rings (SSSR count). The highest BCUT2D eigenvalue weighted by molar-refractivity contribution is 5.71. The second kappa shape index (κ2) is 5.61. The Balaban J connectivity index is 2.52. The standard InChI is InChI=1S/C15H16N2O2/c1-4-11-8-12(5-6-14(11)19-3)13-7-10(2)16-15(9-18)17-13/h5-9H,4H2,1-3H3. The Hall–Kier alpha value is -2.23. The van der Waals surface area contributed by atoms with E-state index in [1.54, 1.807) is 7.11 Å². The zero-order chi connectivity index (χ0) is 13.8. The fourth-order valence-corrected chi connectivity index (χ4v) is 2.01. The molecule has 0 atom stereocenters. The maximum atomic E-state index is 10.8. The van der Waals surface area contributed by atoms with Gasteiger partial charge in [-0.2, -0.15) is 0 Å². The molecule has 0 saturated heterocycles. The van der Waals surface area contributed by atoms with Crippen LogP contribution in [-0.4, -0.2) is 23.4 Å². The SMILES string of the molecule is CCc1cc(-c2cc(C)nc(C=O)n2)ccc1OC. The number of rotatable bonds is 4. The van der Waals surface area contributed by atoms with Gasteiger partial charge in [-0.25, -0.2) is 9.97 Å². The molecule has 4 nitrogen and oxygen atoms in total. The summed E-state index contributed by atoms with van der Waals surface area (Å²) < 4.78 is 5.31. The lowest BCUT2D eigenvalue weighted by Crippen LogP contribution is -1.98. The summed E-state index contributed by atoms with van der Waals surface area (Å²) in [4.78, 5) is 19.1. The fraction of sp³-hybridized carbons (Fsp3) is 0.267. The molecule has 0 aliphatic heterocycles. The number of carbonyl (C=O) groups is 1. The predicted molar refractivity (Wildman–Crippen MR) is 73.5 cm³/mol. The molecule has 1 heterocycles. The van der Waals surface area contributed by atoms with Crippen molar-refractivity contribution in [2.45, 2.75) is 20.3 Å². The zero-order valence-corrected chi connectivity index (χ0v) is 11.3. The Bertz CT molecular complexity index is 609. The van der Waals surface area contributed by atoms with Crippen molar-refractivity contribution >= 4 is 6.29 Å². The Kier molecular flexibility index (Phi) is 3.90. The van der Waals surface area contributed by atoms with Gasteiger partial charge >= 0.3 is 0 Å². The van der Waals surface area contributed by atoms with Gasteiger partial charge in [-0.05, 0) is 43.2 Å². The van der Waals surface area contributed by atoms with E-state index in [2.05, 4.69) is 16.9 Å². The second-order valence-electron chi connectivity index (χ2n) is 4.25. The summed E-state index contributed by atoms with van der Waals surface area (Å²) >= 11 is 0. The first-order valence-corrected chi connectivity index (χ1v) is 6.16. The first kappa shape index (κ1) is 13.2. The number of aryl methyl sites for hydroxylation is 2. The van der Waals surface area contributed by atoms with Gasteiger partial charge in [0.25, 0.3) is 0 Å². The minimum Gasteiger partial charge on any atom is -0.496 e. The maximum Gasteiger partial charge on any atom is 0.193 e. The van der Waals surface area contributed by atoms with Gasteiger partial charge in [0.05, 0.1) is 12.8 Å². The van der Waals surface area contributed by atoms with Crippen molar-refractivity contribution in [3.63, 3.8) is 0 Å². The van der Waals surface area contributed by atoms with E-state index < -0.39 is 0 Å². The summed E-state index contributed by atoms with van der Waals surface area (Å²) in [6.45, 7) is 3.92. The van der Waals surface area contributed by atoms with E-state index in [0.29, 0.717) is 6.29 Å². The lowest BCUT2D eigenvalue weighted by Gasteiger charge is -2.09. The highest BCUT2D eigenvalue weighted by Crippen LogP contribution is 2.26. The van der Waals surface area contributed by atoms with Gasteiger partial charge in [0, 0.05) is 11.3 Å². The van der Waals surface area contributed by atoms with Crippen LogP contribution in [0, 0.1) is 6.92 Å². The van der Waals surface area contributed by atoms with Gasteiger partial charge in [0.2, 0.25) is 0 Å². The molecule has 2 aromatic rings. The number of aromatic nitrogens is 2. The number of aldehydes is 1. The van der Waals surface area contributed by atoms with E-state index in [4.69, 9.17) is 4.74 Å². The van der Waals surface area contributed by atoms with E-state index in [9.17, 15) is 4.79 Å². The van der Waals surface area contributed by atoms with Gasteiger partial charge in [0.1, 0.15) is 5.75 Å². The average Bonchev–Trinajstić information content (AvgIpc) is 2.45. The number of nitrogens with zero attached hydrogens (tertiary/aromatic N) is 2. The first-order valence-electron chi connectivity index (χ1n) is 6.16. The van der Waals surface area contributed by atoms with Gasteiger partial charge in [-0.3, -0.25) is 4.79 Å². The number of benzene rings is 1. The maximum absolute atomic E-state index is 10.8. The molecule has 0 saturated carbocycles. The Labute approximate surface area is 112 Å². The van der Waals surface area contributed by atoms with Crippen molar-refractivity contribution in [3.05, 3.63) is 41.3 Å². The highest BCUT2D eigenvalue weighted by atomic mass is 16.5. The van der Waals surface area contributed by atoms with Gasteiger partial charge in [-0.15, -0.1) is 0 Å². The number of hydrogen-bond acceptors (Lipinski definition) is 4. The number of ether oxygens (including phenoxy) is 1. The van der Waals surface area contributed by atoms with Crippen molar-refractivity contribution < 1.29 is 9.53 Å². The van der Waals surface area contributed by atoms with E-state index in [0.717, 1.165) is 34.7 Å². The number of carbonyl (C=O) groups excluding carboxylic acids is 1. The van der Waals surface area contributed by atoms with Crippen LogP contribution in [0.1, 0.15) is 28.8 Å². The van der Waals surface area contributed by atoms with Gasteiger partial charge in [0.15, 0.2) is 12.1 Å². The molecule has 1 aromatic carbocycles.